The van der Waals surface area contributed by atoms with E-state index in [0.717, 1.165) is 18.2 Å². The molecule has 0 saturated carbocycles. The Kier molecular flexibility index (Phi) is 3.19. The van der Waals surface area contributed by atoms with Crippen molar-refractivity contribution in [3.05, 3.63) is 48.1 Å². The SMILES string of the molecule is Fc1cccnc1C1=CC(C(F)(F)F)C(F)C=C1. The molecule has 0 spiro atoms. The van der Waals surface area contributed by atoms with Crippen molar-refractivity contribution in [3.63, 3.8) is 0 Å². The minimum absolute atomic E-state index is 0.0654. The second kappa shape index (κ2) is 4.51. The van der Waals surface area contributed by atoms with Crippen LogP contribution in [0.25, 0.3) is 5.57 Å². The molecule has 2 atom stereocenters. The van der Waals surface area contributed by atoms with Crippen LogP contribution in [0, 0.1) is 11.7 Å². The van der Waals surface area contributed by atoms with Gasteiger partial charge < -0.3 is 0 Å². The fraction of sp³-hybridized carbons (Fsp3) is 0.250. The van der Waals surface area contributed by atoms with Gasteiger partial charge in [-0.05, 0) is 23.8 Å². The molecule has 0 fully saturated rings. The molecule has 6 heteroatoms. The third-order valence-corrected chi connectivity index (χ3v) is 2.57. The van der Waals surface area contributed by atoms with Crippen LogP contribution < -0.4 is 0 Å². The highest BCUT2D eigenvalue weighted by Gasteiger charge is 2.44. The summed E-state index contributed by atoms with van der Waals surface area (Å²) in [7, 11) is 0. The molecule has 0 saturated heterocycles. The Morgan fingerprint density at radius 1 is 1.22 bits per heavy atom. The largest absolute Gasteiger partial charge is 0.398 e. The summed E-state index contributed by atoms with van der Waals surface area (Å²) in [5.74, 6) is -3.01. The van der Waals surface area contributed by atoms with E-state index in [1.54, 1.807) is 0 Å². The number of nitrogens with zero attached hydrogens (tertiary/aromatic N) is 1. The van der Waals surface area contributed by atoms with Crippen molar-refractivity contribution < 1.29 is 22.0 Å². The second-order valence-corrected chi connectivity index (χ2v) is 3.83. The van der Waals surface area contributed by atoms with Gasteiger partial charge in [0.15, 0.2) is 0 Å². The van der Waals surface area contributed by atoms with E-state index in [9.17, 15) is 22.0 Å². The van der Waals surface area contributed by atoms with Crippen LogP contribution in [-0.2, 0) is 0 Å². The summed E-state index contributed by atoms with van der Waals surface area (Å²) in [5.41, 5.74) is -0.278. The Morgan fingerprint density at radius 2 is 1.94 bits per heavy atom. The van der Waals surface area contributed by atoms with Crippen LogP contribution in [-0.4, -0.2) is 17.3 Å². The zero-order valence-corrected chi connectivity index (χ0v) is 8.96. The van der Waals surface area contributed by atoms with Crippen LogP contribution in [0.2, 0.25) is 0 Å². The first-order chi connectivity index (χ1) is 8.39. The number of hydrogen-bond acceptors (Lipinski definition) is 1. The molecule has 0 amide bonds. The Bertz CT molecular complexity index is 503. The highest BCUT2D eigenvalue weighted by atomic mass is 19.4. The Hall–Kier alpha value is -1.72. The number of rotatable bonds is 1. The molecule has 0 N–H and O–H groups in total. The van der Waals surface area contributed by atoms with Gasteiger partial charge in [-0.15, -0.1) is 0 Å². The van der Waals surface area contributed by atoms with E-state index in [1.165, 1.54) is 12.3 Å². The minimum Gasteiger partial charge on any atom is -0.253 e. The highest BCUT2D eigenvalue weighted by molar-refractivity contribution is 5.73. The predicted molar refractivity (Wildman–Crippen MR) is 55.8 cm³/mol. The van der Waals surface area contributed by atoms with E-state index in [-0.39, 0.29) is 11.3 Å². The van der Waals surface area contributed by atoms with Gasteiger partial charge in [0, 0.05) is 6.20 Å². The molecule has 1 aliphatic rings. The third kappa shape index (κ3) is 2.42. The van der Waals surface area contributed by atoms with E-state index >= 15 is 0 Å². The van der Waals surface area contributed by atoms with E-state index < -0.39 is 24.1 Å². The highest BCUT2D eigenvalue weighted by Crippen LogP contribution is 2.37. The van der Waals surface area contributed by atoms with Crippen molar-refractivity contribution in [3.8, 4) is 0 Å². The second-order valence-electron chi connectivity index (χ2n) is 3.83. The quantitative estimate of drug-likeness (QED) is 0.702. The number of halogens is 5. The fourth-order valence-corrected chi connectivity index (χ4v) is 1.69. The zero-order valence-electron chi connectivity index (χ0n) is 8.96. The van der Waals surface area contributed by atoms with Crippen molar-refractivity contribution in [2.75, 3.05) is 0 Å². The Labute approximate surface area is 99.6 Å². The van der Waals surface area contributed by atoms with Gasteiger partial charge in [0.1, 0.15) is 23.6 Å². The van der Waals surface area contributed by atoms with Crippen molar-refractivity contribution >= 4 is 5.57 Å². The summed E-state index contributed by atoms with van der Waals surface area (Å²) in [5, 5.41) is 0. The summed E-state index contributed by atoms with van der Waals surface area (Å²) in [6, 6.07) is 2.41. The lowest BCUT2D eigenvalue weighted by atomic mass is 9.92. The van der Waals surface area contributed by atoms with Gasteiger partial charge in [-0.1, -0.05) is 12.2 Å². The molecule has 1 aromatic rings. The lowest BCUT2D eigenvalue weighted by molar-refractivity contribution is -0.171. The van der Waals surface area contributed by atoms with Crippen LogP contribution in [0.1, 0.15) is 5.69 Å². The van der Waals surface area contributed by atoms with Gasteiger partial charge in [-0.2, -0.15) is 13.2 Å². The summed E-state index contributed by atoms with van der Waals surface area (Å²) in [6.45, 7) is 0. The maximum absolute atomic E-state index is 13.4. The standard InChI is InChI=1S/C12H8F5N/c13-9-4-3-7(6-8(9)12(15,16)17)11-10(14)2-1-5-18-11/h1-6,8-9H. The number of pyridine rings is 1. The average molecular weight is 261 g/mol. The molecule has 1 aromatic heterocycles. The molecule has 2 rings (SSSR count). The van der Waals surface area contributed by atoms with Crippen LogP contribution in [0.5, 0.6) is 0 Å². The molecule has 1 aliphatic carbocycles. The fourth-order valence-electron chi connectivity index (χ4n) is 1.69. The third-order valence-electron chi connectivity index (χ3n) is 2.57. The van der Waals surface area contributed by atoms with Crippen molar-refractivity contribution in [1.29, 1.82) is 0 Å². The normalized spacial score (nSPS) is 23.9. The van der Waals surface area contributed by atoms with Crippen molar-refractivity contribution in [2.24, 2.45) is 5.92 Å². The molecule has 1 heterocycles. The summed E-state index contributed by atoms with van der Waals surface area (Å²) in [4.78, 5) is 3.66. The van der Waals surface area contributed by atoms with Crippen LogP contribution in [0.15, 0.2) is 36.6 Å². The molecule has 0 aliphatic heterocycles. The Balaban J connectivity index is 2.41. The van der Waals surface area contributed by atoms with Gasteiger partial charge in [0.05, 0.1) is 0 Å². The van der Waals surface area contributed by atoms with Crippen molar-refractivity contribution in [1.82, 2.24) is 4.98 Å². The monoisotopic (exact) mass is 261 g/mol. The van der Waals surface area contributed by atoms with Gasteiger partial charge in [-0.3, -0.25) is 4.98 Å². The Morgan fingerprint density at radius 3 is 2.56 bits per heavy atom. The zero-order chi connectivity index (χ0) is 13.3. The minimum atomic E-state index is -4.71. The maximum atomic E-state index is 13.4. The number of alkyl halides is 4. The van der Waals surface area contributed by atoms with E-state index in [2.05, 4.69) is 4.98 Å². The maximum Gasteiger partial charge on any atom is 0.398 e. The molecule has 96 valence electrons. The van der Waals surface area contributed by atoms with Gasteiger partial charge in [0.25, 0.3) is 0 Å². The smallest absolute Gasteiger partial charge is 0.253 e. The number of allylic oxidation sites excluding steroid dienone is 4. The lowest BCUT2D eigenvalue weighted by Gasteiger charge is -2.22. The van der Waals surface area contributed by atoms with E-state index in [0.29, 0.717) is 6.08 Å². The average Bonchev–Trinajstić information content (AvgIpc) is 2.29. The van der Waals surface area contributed by atoms with Crippen LogP contribution >= 0.6 is 0 Å². The topological polar surface area (TPSA) is 12.9 Å². The van der Waals surface area contributed by atoms with E-state index in [1.807, 2.05) is 0 Å². The van der Waals surface area contributed by atoms with Crippen LogP contribution in [0.4, 0.5) is 22.0 Å². The molecule has 18 heavy (non-hydrogen) atoms. The van der Waals surface area contributed by atoms with Gasteiger partial charge in [0.2, 0.25) is 0 Å². The van der Waals surface area contributed by atoms with Gasteiger partial charge in [-0.25, -0.2) is 8.78 Å². The molecule has 0 aromatic carbocycles. The molecular formula is C12H8F5N. The molecular weight excluding hydrogens is 253 g/mol. The van der Waals surface area contributed by atoms with Crippen molar-refractivity contribution in [2.45, 2.75) is 12.3 Å². The van der Waals surface area contributed by atoms with Crippen LogP contribution in [0.3, 0.4) is 0 Å². The number of aromatic nitrogens is 1. The first kappa shape index (κ1) is 12.7. The summed E-state index contributed by atoms with van der Waals surface area (Å²) < 4.78 is 64.2. The molecule has 1 nitrogen and oxygen atoms in total. The molecule has 2 unspecified atom stereocenters. The number of hydrogen-bond donors (Lipinski definition) is 0. The van der Waals surface area contributed by atoms with Gasteiger partial charge >= 0.3 is 6.18 Å². The molecule has 0 radical (unpaired) electrons. The first-order valence-electron chi connectivity index (χ1n) is 5.11. The lowest BCUT2D eigenvalue weighted by Crippen LogP contribution is -2.30. The predicted octanol–water partition coefficient (Wildman–Crippen LogP) is 3.69. The van der Waals surface area contributed by atoms with E-state index in [4.69, 9.17) is 0 Å². The first-order valence-corrected chi connectivity index (χ1v) is 5.11. The summed E-state index contributed by atoms with van der Waals surface area (Å²) in [6.07, 6.45) is -3.06. The summed E-state index contributed by atoms with van der Waals surface area (Å²) >= 11 is 0. The molecule has 0 bridgehead atoms.